The number of nitrogens with zero attached hydrogens (tertiary/aromatic N) is 8. The zero-order chi connectivity index (χ0) is 23.5. The second kappa shape index (κ2) is 9.28. The van der Waals surface area contributed by atoms with Gasteiger partial charge in [-0.1, -0.05) is 6.92 Å². The summed E-state index contributed by atoms with van der Waals surface area (Å²) in [4.78, 5) is 29.8. The number of hydrogen-bond donors (Lipinski definition) is 0. The number of carbonyl (C=O) groups excluding carboxylic acids is 1. The van der Waals surface area contributed by atoms with Gasteiger partial charge in [0.05, 0.1) is 18.0 Å². The largest absolute Gasteiger partial charge is 0.419 e. The number of aromatic nitrogens is 6. The lowest BCUT2D eigenvalue weighted by Gasteiger charge is -2.31. The van der Waals surface area contributed by atoms with Crippen LogP contribution >= 0.6 is 0 Å². The molecule has 3 aromatic heterocycles. The molecule has 1 atom stereocenters. The van der Waals surface area contributed by atoms with Crippen molar-refractivity contribution in [1.82, 2.24) is 34.8 Å². The van der Waals surface area contributed by atoms with Gasteiger partial charge in [-0.25, -0.2) is 15.0 Å². The van der Waals surface area contributed by atoms with Gasteiger partial charge in [0.1, 0.15) is 5.69 Å². The van der Waals surface area contributed by atoms with E-state index in [1.54, 1.807) is 43.0 Å². The number of alkyl halides is 3. The summed E-state index contributed by atoms with van der Waals surface area (Å²) in [7, 11) is 3.32. The van der Waals surface area contributed by atoms with Crippen molar-refractivity contribution < 1.29 is 18.0 Å². The molecule has 0 radical (unpaired) electrons. The molecule has 0 saturated heterocycles. The van der Waals surface area contributed by atoms with Crippen LogP contribution in [0.3, 0.4) is 0 Å². The molecule has 0 fully saturated rings. The van der Waals surface area contributed by atoms with E-state index in [4.69, 9.17) is 0 Å². The molecule has 0 aliphatic rings. The van der Waals surface area contributed by atoms with E-state index in [0.717, 1.165) is 12.4 Å². The molecule has 3 aromatic rings. The summed E-state index contributed by atoms with van der Waals surface area (Å²) < 4.78 is 38.2. The Bertz CT molecular complexity index is 1050. The van der Waals surface area contributed by atoms with Gasteiger partial charge in [0.15, 0.2) is 5.69 Å². The Morgan fingerprint density at radius 3 is 2.31 bits per heavy atom. The number of aryl methyl sites for hydroxylation is 1. The predicted molar refractivity (Wildman–Crippen MR) is 110 cm³/mol. The maximum atomic E-state index is 13.3. The molecule has 3 rings (SSSR count). The van der Waals surface area contributed by atoms with E-state index in [1.165, 1.54) is 17.2 Å². The van der Waals surface area contributed by atoms with Crippen LogP contribution in [0.1, 0.15) is 35.1 Å². The Balaban J connectivity index is 1.79. The van der Waals surface area contributed by atoms with E-state index in [1.807, 2.05) is 6.92 Å². The molecule has 0 aliphatic heterocycles. The molecule has 0 spiro atoms. The molecule has 12 heteroatoms. The van der Waals surface area contributed by atoms with Gasteiger partial charge in [-0.3, -0.25) is 4.79 Å². The Morgan fingerprint density at radius 1 is 1.12 bits per heavy atom. The molecule has 0 aromatic carbocycles. The van der Waals surface area contributed by atoms with Gasteiger partial charge in [0.2, 0.25) is 5.95 Å². The summed E-state index contributed by atoms with van der Waals surface area (Å²) in [6.07, 6.45) is 0.590. The van der Waals surface area contributed by atoms with Crippen LogP contribution in [0.2, 0.25) is 0 Å². The molecule has 9 nitrogen and oxygen atoms in total. The number of rotatable bonds is 7. The first kappa shape index (κ1) is 23.1. The molecule has 0 N–H and O–H groups in total. The average molecular weight is 448 g/mol. The standard InChI is InChI=1S/C20H23F3N8O/c1-5-15(12-29(3)19-24-10-14(11-25-19)20(21,22)23)30(4)18(32)17-16(7-6-13(2)28-17)31-26-8-9-27-31/h6-11,15H,5,12H2,1-4H3/t15-/m0/s1. The van der Waals surface area contributed by atoms with E-state index >= 15 is 0 Å². The van der Waals surface area contributed by atoms with Crippen molar-refractivity contribution in [3.05, 3.63) is 53.9 Å². The lowest BCUT2D eigenvalue weighted by Crippen LogP contribution is -2.44. The molecule has 0 saturated carbocycles. The first-order chi connectivity index (χ1) is 15.1. The second-order valence-corrected chi connectivity index (χ2v) is 7.27. The number of carbonyl (C=O) groups is 1. The van der Waals surface area contributed by atoms with Gasteiger partial charge >= 0.3 is 6.18 Å². The topological polar surface area (TPSA) is 92.9 Å². The number of anilines is 1. The Labute approximate surface area is 182 Å². The first-order valence-corrected chi connectivity index (χ1v) is 9.83. The highest BCUT2D eigenvalue weighted by Crippen LogP contribution is 2.28. The quantitative estimate of drug-likeness (QED) is 0.549. The lowest BCUT2D eigenvalue weighted by atomic mass is 10.1. The Morgan fingerprint density at radius 2 is 1.75 bits per heavy atom. The fourth-order valence-electron chi connectivity index (χ4n) is 3.13. The van der Waals surface area contributed by atoms with E-state index in [0.29, 0.717) is 24.3 Å². The highest BCUT2D eigenvalue weighted by atomic mass is 19.4. The van der Waals surface area contributed by atoms with Crippen molar-refractivity contribution in [3.63, 3.8) is 0 Å². The molecule has 3 heterocycles. The fraction of sp³-hybridized carbons (Fsp3) is 0.400. The van der Waals surface area contributed by atoms with Crippen molar-refractivity contribution >= 4 is 11.9 Å². The number of amides is 1. The molecular formula is C20H23F3N8O. The van der Waals surface area contributed by atoms with E-state index in [2.05, 4.69) is 25.1 Å². The normalized spacial score (nSPS) is 12.5. The van der Waals surface area contributed by atoms with Crippen LogP contribution in [0.25, 0.3) is 5.69 Å². The van der Waals surface area contributed by atoms with Gasteiger partial charge in [0, 0.05) is 44.8 Å². The van der Waals surface area contributed by atoms with Gasteiger partial charge < -0.3 is 9.80 Å². The summed E-state index contributed by atoms with van der Waals surface area (Å²) in [5.41, 5.74) is 0.405. The highest BCUT2D eigenvalue weighted by Gasteiger charge is 2.32. The van der Waals surface area contributed by atoms with Gasteiger partial charge in [0.25, 0.3) is 5.91 Å². The van der Waals surface area contributed by atoms with Crippen LogP contribution in [-0.4, -0.2) is 67.4 Å². The first-order valence-electron chi connectivity index (χ1n) is 9.83. The molecule has 0 aliphatic carbocycles. The lowest BCUT2D eigenvalue weighted by molar-refractivity contribution is -0.138. The minimum Gasteiger partial charge on any atom is -0.342 e. The number of halogens is 3. The van der Waals surface area contributed by atoms with Crippen LogP contribution in [0.5, 0.6) is 0 Å². The van der Waals surface area contributed by atoms with E-state index in [9.17, 15) is 18.0 Å². The summed E-state index contributed by atoms with van der Waals surface area (Å²) in [6.45, 7) is 4.00. The molecule has 32 heavy (non-hydrogen) atoms. The zero-order valence-electron chi connectivity index (χ0n) is 18.1. The van der Waals surface area contributed by atoms with Gasteiger partial charge in [-0.05, 0) is 25.5 Å². The smallest absolute Gasteiger partial charge is 0.342 e. The van der Waals surface area contributed by atoms with Crippen LogP contribution in [0.4, 0.5) is 19.1 Å². The van der Waals surface area contributed by atoms with Gasteiger partial charge in [-0.2, -0.15) is 23.4 Å². The third-order valence-corrected chi connectivity index (χ3v) is 4.98. The third kappa shape index (κ3) is 5.01. The minimum atomic E-state index is -4.50. The monoisotopic (exact) mass is 448 g/mol. The van der Waals surface area contributed by atoms with E-state index in [-0.39, 0.29) is 23.6 Å². The molecule has 1 amide bonds. The molecule has 170 valence electrons. The van der Waals surface area contributed by atoms with Crippen LogP contribution < -0.4 is 4.90 Å². The second-order valence-electron chi connectivity index (χ2n) is 7.27. The maximum absolute atomic E-state index is 13.3. The van der Waals surface area contributed by atoms with Gasteiger partial charge in [-0.15, -0.1) is 4.80 Å². The summed E-state index contributed by atoms with van der Waals surface area (Å²) in [5, 5.41) is 8.17. The number of likely N-dealkylation sites (N-methyl/N-ethyl adjacent to an activating group) is 2. The zero-order valence-corrected chi connectivity index (χ0v) is 18.1. The third-order valence-electron chi connectivity index (χ3n) is 4.98. The predicted octanol–water partition coefficient (Wildman–Crippen LogP) is 2.77. The Kier molecular flexibility index (Phi) is 6.70. The van der Waals surface area contributed by atoms with E-state index < -0.39 is 11.7 Å². The van der Waals surface area contributed by atoms with Crippen molar-refractivity contribution in [3.8, 4) is 5.69 Å². The van der Waals surface area contributed by atoms with Crippen molar-refractivity contribution in [2.24, 2.45) is 0 Å². The van der Waals surface area contributed by atoms with Crippen molar-refractivity contribution in [1.29, 1.82) is 0 Å². The molecule has 0 unspecified atom stereocenters. The summed E-state index contributed by atoms with van der Waals surface area (Å²) >= 11 is 0. The highest BCUT2D eigenvalue weighted by molar-refractivity contribution is 5.95. The Hall–Kier alpha value is -3.57. The maximum Gasteiger partial charge on any atom is 0.419 e. The van der Waals surface area contributed by atoms with Crippen LogP contribution in [0, 0.1) is 6.92 Å². The average Bonchev–Trinajstić information content (AvgIpc) is 3.30. The SMILES string of the molecule is CC[C@@H](CN(C)c1ncc(C(F)(F)F)cn1)N(C)C(=O)c1nc(C)ccc1-n1nccn1. The summed E-state index contributed by atoms with van der Waals surface area (Å²) in [6, 6.07) is 3.22. The van der Waals surface area contributed by atoms with Crippen molar-refractivity contribution in [2.45, 2.75) is 32.5 Å². The van der Waals surface area contributed by atoms with Crippen LogP contribution in [-0.2, 0) is 6.18 Å². The molecule has 0 bridgehead atoms. The minimum absolute atomic E-state index is 0.132. The fourth-order valence-corrected chi connectivity index (χ4v) is 3.13. The van der Waals surface area contributed by atoms with Crippen LogP contribution in [0.15, 0.2) is 36.9 Å². The summed E-state index contributed by atoms with van der Waals surface area (Å²) in [5.74, 6) is -0.193. The van der Waals surface area contributed by atoms with Crippen molar-refractivity contribution in [2.75, 3.05) is 25.5 Å². The molecular weight excluding hydrogens is 425 g/mol. The number of hydrogen-bond acceptors (Lipinski definition) is 7. The number of pyridine rings is 1.